The van der Waals surface area contributed by atoms with Gasteiger partial charge in [-0.3, -0.25) is 9.11 Å². The predicted octanol–water partition coefficient (Wildman–Crippen LogP) is -2.01. The summed E-state index contributed by atoms with van der Waals surface area (Å²) in [6.07, 6.45) is 0. The van der Waals surface area contributed by atoms with E-state index in [1.54, 1.807) is 0 Å². The van der Waals surface area contributed by atoms with Gasteiger partial charge in [0, 0.05) is 0 Å². The first kappa shape index (κ1) is 12.7. The van der Waals surface area contributed by atoms with E-state index >= 15 is 0 Å². The van der Waals surface area contributed by atoms with Crippen LogP contribution in [0, 0.1) is 0 Å². The summed E-state index contributed by atoms with van der Waals surface area (Å²) in [6.45, 7) is 0. The van der Waals surface area contributed by atoms with Crippen LogP contribution < -0.4 is 0 Å². The van der Waals surface area contributed by atoms with E-state index in [0.717, 1.165) is 0 Å². The van der Waals surface area contributed by atoms with E-state index in [1.165, 1.54) is 0 Å². The van der Waals surface area contributed by atoms with Gasteiger partial charge in [-0.2, -0.15) is 8.42 Å². The first-order valence-corrected chi connectivity index (χ1v) is 7.81. The van der Waals surface area contributed by atoms with Gasteiger partial charge in [0.05, 0.1) is 0 Å². The van der Waals surface area contributed by atoms with Gasteiger partial charge in [-0.1, -0.05) is 0 Å². The second-order valence-electron chi connectivity index (χ2n) is 0.896. The van der Waals surface area contributed by atoms with Crippen molar-refractivity contribution in [2.45, 2.75) is 0 Å². The predicted molar refractivity (Wildman–Crippen MR) is 20.0 cm³/mol. The van der Waals surface area contributed by atoms with Gasteiger partial charge in [-0.15, -0.1) is 0 Å². The van der Waals surface area contributed by atoms with Crippen molar-refractivity contribution in [1.82, 2.24) is 0 Å². The Hall–Kier alpha value is 0.0783. The second kappa shape index (κ2) is 4.06. The summed E-state index contributed by atoms with van der Waals surface area (Å²) in [4.78, 5) is 0. The maximum atomic E-state index is 8.87. The molecule has 4 N–H and O–H groups in total. The Balaban J connectivity index is 0. The minimum absolute atomic E-state index is 4.67. The maximum absolute atomic E-state index is 8.87. The van der Waals surface area contributed by atoms with Crippen LogP contribution in [0.4, 0.5) is 0 Å². The molecule has 0 saturated carbocycles. The molecule has 0 atom stereocenters. The summed E-state index contributed by atoms with van der Waals surface area (Å²) in [6, 6.07) is 0. The number of hydrogen-bond acceptors (Lipinski definition) is 4. The van der Waals surface area contributed by atoms with Crippen LogP contribution in [0.5, 0.6) is 0 Å². The SMILES string of the molecule is O=S(=O)(O)O.[O]=[W](=[O])([OH])[OH]. The summed E-state index contributed by atoms with van der Waals surface area (Å²) in [5.41, 5.74) is 0. The van der Waals surface area contributed by atoms with Crippen LogP contribution in [0.2, 0.25) is 0 Å². The van der Waals surface area contributed by atoms with E-state index in [-0.39, 0.29) is 0 Å². The van der Waals surface area contributed by atoms with E-state index < -0.39 is 27.1 Å². The van der Waals surface area contributed by atoms with Gasteiger partial charge in [0.2, 0.25) is 0 Å². The first-order chi connectivity index (χ1) is 4.00. The van der Waals surface area contributed by atoms with Crippen molar-refractivity contribution < 1.29 is 48.6 Å². The molecule has 0 spiro atoms. The molecule has 0 amide bonds. The fourth-order valence-corrected chi connectivity index (χ4v) is 0. The van der Waals surface area contributed by atoms with Gasteiger partial charge in [0.25, 0.3) is 0 Å². The Morgan fingerprint density at radius 3 is 1.00 bits per heavy atom. The molecule has 0 aliphatic carbocycles. The van der Waals surface area contributed by atoms with Gasteiger partial charge in [0.1, 0.15) is 0 Å². The molecule has 0 aromatic rings. The molecule has 0 aliphatic rings. The van der Waals surface area contributed by atoms with Crippen LogP contribution in [-0.2, 0) is 33.9 Å². The summed E-state index contributed by atoms with van der Waals surface area (Å²) < 4.78 is 63.7. The molecule has 10 heteroatoms. The Labute approximate surface area is 59.4 Å². The Morgan fingerprint density at radius 1 is 1.00 bits per heavy atom. The van der Waals surface area contributed by atoms with Crippen LogP contribution >= 0.6 is 0 Å². The molecule has 0 saturated heterocycles. The van der Waals surface area contributed by atoms with Crippen molar-refractivity contribution in [2.75, 3.05) is 0 Å². The van der Waals surface area contributed by atoms with E-state index in [4.69, 9.17) is 31.8 Å². The van der Waals surface area contributed by atoms with E-state index in [9.17, 15) is 0 Å². The van der Waals surface area contributed by atoms with Crippen LogP contribution in [0.25, 0.3) is 0 Å². The summed E-state index contributed by atoms with van der Waals surface area (Å²) in [5.74, 6) is 0. The normalized spacial score (nSPS) is 11.6. The summed E-state index contributed by atoms with van der Waals surface area (Å²) in [5, 5.41) is 0. The standard InChI is InChI=1S/H2O4S.2H2O.2O.W/c1-5(2,3)4;;;;;/h(H2,1,2,3,4);2*1H2;;;/q;;;;;+2/p-2. The van der Waals surface area contributed by atoms with E-state index in [2.05, 4.69) is 0 Å². The second-order valence-corrected chi connectivity index (χ2v) is 5.01. The molecule has 0 aromatic heterocycles. The van der Waals surface area contributed by atoms with Gasteiger partial charge in [0.15, 0.2) is 0 Å². The van der Waals surface area contributed by atoms with Crippen molar-refractivity contribution in [3.8, 4) is 0 Å². The van der Waals surface area contributed by atoms with Gasteiger partial charge in [-0.25, -0.2) is 0 Å². The van der Waals surface area contributed by atoms with Gasteiger partial charge < -0.3 is 0 Å². The van der Waals surface area contributed by atoms with Crippen molar-refractivity contribution >= 4 is 10.4 Å². The van der Waals surface area contributed by atoms with Gasteiger partial charge in [-0.05, 0) is 0 Å². The monoisotopic (exact) mass is 348 g/mol. The quantitative estimate of drug-likeness (QED) is 0.367. The van der Waals surface area contributed by atoms with Crippen molar-refractivity contribution in [3.05, 3.63) is 0 Å². The summed E-state index contributed by atoms with van der Waals surface area (Å²) in [7, 11) is -4.67. The molecule has 0 fully saturated rings. The third-order valence-corrected chi connectivity index (χ3v) is 0. The molecular formula is H4O8SW. The third-order valence-electron chi connectivity index (χ3n) is 0. The number of rotatable bonds is 0. The molecule has 0 aliphatic heterocycles. The molecule has 0 unspecified atom stereocenters. The molecule has 0 heterocycles. The van der Waals surface area contributed by atoms with Crippen LogP contribution in [0.3, 0.4) is 0 Å². The molecule has 0 rings (SSSR count). The van der Waals surface area contributed by atoms with E-state index in [1.807, 2.05) is 0 Å². The fraction of sp³-hybridized carbons (Fsp3) is 0. The fourth-order valence-electron chi connectivity index (χ4n) is 0. The molecule has 64 valence electrons. The number of hydrogen-bond donors (Lipinski definition) is 4. The average molecular weight is 348 g/mol. The Bertz CT molecular complexity index is 206. The zero-order chi connectivity index (χ0) is 9.00. The topological polar surface area (TPSA) is 149 Å². The van der Waals surface area contributed by atoms with E-state index in [0.29, 0.717) is 0 Å². The molecule has 10 heavy (non-hydrogen) atoms. The van der Waals surface area contributed by atoms with Crippen molar-refractivity contribution in [3.63, 3.8) is 0 Å². The molecule has 8 nitrogen and oxygen atoms in total. The minimum atomic E-state index is -5.67. The molecule has 0 bridgehead atoms. The first-order valence-electron chi connectivity index (χ1n) is 1.40. The van der Waals surface area contributed by atoms with Crippen molar-refractivity contribution in [2.24, 2.45) is 0 Å². The zero-order valence-electron chi connectivity index (χ0n) is 4.24. The van der Waals surface area contributed by atoms with Crippen LogP contribution in [0.1, 0.15) is 0 Å². The zero-order valence-corrected chi connectivity index (χ0v) is 7.99. The van der Waals surface area contributed by atoms with Crippen molar-refractivity contribution in [1.29, 1.82) is 0 Å². The molecule has 0 radical (unpaired) electrons. The van der Waals surface area contributed by atoms with Crippen LogP contribution in [0.15, 0.2) is 0 Å². The summed E-state index contributed by atoms with van der Waals surface area (Å²) >= 11 is -5.67. The Morgan fingerprint density at radius 2 is 1.00 bits per heavy atom. The molecular weight excluding hydrogens is 344 g/mol. The van der Waals surface area contributed by atoms with Crippen LogP contribution in [-0.4, -0.2) is 25.0 Å². The van der Waals surface area contributed by atoms with Gasteiger partial charge >= 0.3 is 41.5 Å². The molecule has 0 aromatic carbocycles. The Kier molecular flexibility index (Phi) is 5.17. The average Bonchev–Trinajstić information content (AvgIpc) is 1.12. The third kappa shape index (κ3) is 66000.